The van der Waals surface area contributed by atoms with Gasteiger partial charge in [0.05, 0.1) is 0 Å². The minimum absolute atomic E-state index is 0.765. The second-order valence-corrected chi connectivity index (χ2v) is 5.75. The molecule has 0 aliphatic heterocycles. The van der Waals surface area contributed by atoms with Crippen molar-refractivity contribution in [2.24, 2.45) is 5.92 Å². The molecule has 0 amide bonds. The summed E-state index contributed by atoms with van der Waals surface area (Å²) >= 11 is 0. The first-order chi connectivity index (χ1) is 8.69. The van der Waals surface area contributed by atoms with Gasteiger partial charge < -0.3 is 5.73 Å². The van der Waals surface area contributed by atoms with Crippen LogP contribution in [0.2, 0.25) is 0 Å². The number of anilines is 1. The quantitative estimate of drug-likeness (QED) is 0.821. The Kier molecular flexibility index (Phi) is 4.65. The van der Waals surface area contributed by atoms with Crippen molar-refractivity contribution in [1.29, 1.82) is 0 Å². The van der Waals surface area contributed by atoms with Gasteiger partial charge in [-0.25, -0.2) is 0 Å². The smallest absolute Gasteiger partial charge is 0.0314 e. The molecule has 1 saturated carbocycles. The molecule has 2 unspecified atom stereocenters. The average Bonchev–Trinajstić information content (AvgIpc) is 2.41. The molecule has 18 heavy (non-hydrogen) atoms. The Morgan fingerprint density at radius 3 is 2.61 bits per heavy atom. The van der Waals surface area contributed by atoms with Crippen LogP contribution in [0.25, 0.3) is 0 Å². The Morgan fingerprint density at radius 1 is 1.22 bits per heavy atom. The monoisotopic (exact) mass is 246 g/mol. The molecule has 1 aromatic carbocycles. The molecule has 0 radical (unpaired) electrons. The number of hydrogen-bond donors (Lipinski definition) is 1. The van der Waals surface area contributed by atoms with E-state index in [2.05, 4.69) is 31.0 Å². The Hall–Kier alpha value is -1.02. The van der Waals surface area contributed by atoms with Crippen LogP contribution >= 0.6 is 0 Å². The lowest BCUT2D eigenvalue weighted by atomic mass is 9.83. The van der Waals surface area contributed by atoms with Crippen LogP contribution < -0.4 is 5.73 Å². The highest BCUT2D eigenvalue weighted by Crippen LogP contribution is 2.29. The third-order valence-electron chi connectivity index (χ3n) is 4.37. The third-order valence-corrected chi connectivity index (χ3v) is 4.37. The minimum atomic E-state index is 0.765. The molecule has 0 aromatic heterocycles. The summed E-state index contributed by atoms with van der Waals surface area (Å²) < 4.78 is 0. The number of nitrogens with two attached hydrogens (primary N) is 1. The fraction of sp³-hybridized carbons (Fsp3) is 0.625. The highest BCUT2D eigenvalue weighted by Gasteiger charge is 2.23. The number of nitrogens with zero attached hydrogens (tertiary/aromatic N) is 1. The largest absolute Gasteiger partial charge is 0.399 e. The molecule has 0 saturated heterocycles. The molecule has 2 heteroatoms. The lowest BCUT2D eigenvalue weighted by Crippen LogP contribution is -2.35. The van der Waals surface area contributed by atoms with Crippen molar-refractivity contribution >= 4 is 5.69 Å². The van der Waals surface area contributed by atoms with Gasteiger partial charge in [0.2, 0.25) is 0 Å². The fourth-order valence-corrected chi connectivity index (χ4v) is 3.07. The highest BCUT2D eigenvalue weighted by molar-refractivity contribution is 5.39. The van der Waals surface area contributed by atoms with Gasteiger partial charge in [-0.15, -0.1) is 0 Å². The van der Waals surface area contributed by atoms with E-state index in [1.165, 1.54) is 37.7 Å². The minimum Gasteiger partial charge on any atom is -0.399 e. The zero-order valence-electron chi connectivity index (χ0n) is 11.7. The molecule has 100 valence electrons. The van der Waals surface area contributed by atoms with Crippen LogP contribution in [0.3, 0.4) is 0 Å². The van der Waals surface area contributed by atoms with Crippen LogP contribution in [-0.2, 0) is 6.54 Å². The van der Waals surface area contributed by atoms with Gasteiger partial charge in [-0.2, -0.15) is 0 Å². The van der Waals surface area contributed by atoms with Gasteiger partial charge in [-0.1, -0.05) is 38.3 Å². The maximum Gasteiger partial charge on any atom is 0.0314 e. The molecule has 0 spiro atoms. The van der Waals surface area contributed by atoms with Crippen molar-refractivity contribution in [3.8, 4) is 0 Å². The maximum absolute atomic E-state index is 5.72. The Bertz CT molecular complexity index is 358. The first-order valence-corrected chi connectivity index (χ1v) is 7.23. The SMILES string of the molecule is CCC1CCCC(N(C)Cc2ccc(N)cc2)C1. The van der Waals surface area contributed by atoms with Crippen molar-refractivity contribution in [3.05, 3.63) is 29.8 Å². The topological polar surface area (TPSA) is 29.3 Å². The predicted molar refractivity (Wildman–Crippen MR) is 78.4 cm³/mol. The van der Waals surface area contributed by atoms with E-state index in [-0.39, 0.29) is 0 Å². The molecular formula is C16H26N2. The second-order valence-electron chi connectivity index (χ2n) is 5.75. The summed E-state index contributed by atoms with van der Waals surface area (Å²) in [4.78, 5) is 2.52. The molecule has 2 rings (SSSR count). The van der Waals surface area contributed by atoms with E-state index in [9.17, 15) is 0 Å². The molecule has 1 aliphatic carbocycles. The van der Waals surface area contributed by atoms with Crippen LogP contribution in [0.4, 0.5) is 5.69 Å². The van der Waals surface area contributed by atoms with E-state index in [4.69, 9.17) is 5.73 Å². The van der Waals surface area contributed by atoms with Crippen molar-refractivity contribution in [2.75, 3.05) is 12.8 Å². The summed E-state index contributed by atoms with van der Waals surface area (Å²) in [5, 5.41) is 0. The van der Waals surface area contributed by atoms with Crippen LogP contribution in [0.1, 0.15) is 44.6 Å². The van der Waals surface area contributed by atoms with E-state index in [1.807, 2.05) is 12.1 Å². The van der Waals surface area contributed by atoms with Gasteiger partial charge in [0.1, 0.15) is 0 Å². The summed E-state index contributed by atoms with van der Waals surface area (Å²) in [6.07, 6.45) is 6.91. The molecule has 1 aliphatic rings. The summed E-state index contributed by atoms with van der Waals surface area (Å²) in [5.41, 5.74) is 7.94. The molecule has 2 nitrogen and oxygen atoms in total. The van der Waals surface area contributed by atoms with Gasteiger partial charge in [-0.05, 0) is 43.5 Å². The van der Waals surface area contributed by atoms with Crippen molar-refractivity contribution < 1.29 is 0 Å². The number of benzene rings is 1. The van der Waals surface area contributed by atoms with Crippen LogP contribution in [0.5, 0.6) is 0 Å². The maximum atomic E-state index is 5.72. The third kappa shape index (κ3) is 3.49. The van der Waals surface area contributed by atoms with Gasteiger partial charge in [0.25, 0.3) is 0 Å². The van der Waals surface area contributed by atoms with E-state index in [0.717, 1.165) is 24.2 Å². The lowest BCUT2D eigenvalue weighted by molar-refractivity contribution is 0.150. The summed E-state index contributed by atoms with van der Waals surface area (Å²) in [6.45, 7) is 3.37. The van der Waals surface area contributed by atoms with E-state index < -0.39 is 0 Å². The molecule has 0 heterocycles. The van der Waals surface area contributed by atoms with Gasteiger partial charge in [0.15, 0.2) is 0 Å². The zero-order valence-corrected chi connectivity index (χ0v) is 11.7. The Labute approximate surface area is 111 Å². The first-order valence-electron chi connectivity index (χ1n) is 7.23. The van der Waals surface area contributed by atoms with E-state index in [1.54, 1.807) is 0 Å². The number of hydrogen-bond acceptors (Lipinski definition) is 2. The predicted octanol–water partition coefficient (Wildman–Crippen LogP) is 3.67. The summed E-state index contributed by atoms with van der Waals surface area (Å²) in [7, 11) is 2.26. The van der Waals surface area contributed by atoms with Crippen molar-refractivity contribution in [2.45, 2.75) is 51.6 Å². The van der Waals surface area contributed by atoms with Crippen molar-refractivity contribution in [1.82, 2.24) is 4.90 Å². The number of nitrogen functional groups attached to an aromatic ring is 1. The molecule has 1 aromatic rings. The Morgan fingerprint density at radius 2 is 1.94 bits per heavy atom. The zero-order chi connectivity index (χ0) is 13.0. The average molecular weight is 246 g/mol. The first kappa shape index (κ1) is 13.4. The molecular weight excluding hydrogens is 220 g/mol. The van der Waals surface area contributed by atoms with Crippen LogP contribution in [0, 0.1) is 5.92 Å². The highest BCUT2D eigenvalue weighted by atomic mass is 15.1. The molecule has 0 bridgehead atoms. The fourth-order valence-electron chi connectivity index (χ4n) is 3.07. The standard InChI is InChI=1S/C16H26N2/c1-3-13-5-4-6-16(11-13)18(2)12-14-7-9-15(17)10-8-14/h7-10,13,16H,3-6,11-12,17H2,1-2H3. The van der Waals surface area contributed by atoms with Gasteiger partial charge in [0, 0.05) is 18.3 Å². The van der Waals surface area contributed by atoms with Crippen LogP contribution in [0.15, 0.2) is 24.3 Å². The molecule has 1 fully saturated rings. The van der Waals surface area contributed by atoms with Crippen molar-refractivity contribution in [3.63, 3.8) is 0 Å². The van der Waals surface area contributed by atoms with Crippen LogP contribution in [-0.4, -0.2) is 18.0 Å². The summed E-state index contributed by atoms with van der Waals surface area (Å²) in [6, 6.07) is 9.05. The van der Waals surface area contributed by atoms with E-state index in [0.29, 0.717) is 0 Å². The van der Waals surface area contributed by atoms with E-state index >= 15 is 0 Å². The van der Waals surface area contributed by atoms with Gasteiger partial charge >= 0.3 is 0 Å². The number of rotatable bonds is 4. The Balaban J connectivity index is 1.90. The lowest BCUT2D eigenvalue weighted by Gasteiger charge is -2.35. The van der Waals surface area contributed by atoms with Gasteiger partial charge in [-0.3, -0.25) is 4.90 Å². The molecule has 2 N–H and O–H groups in total. The second kappa shape index (κ2) is 6.24. The molecule has 2 atom stereocenters. The normalized spacial score (nSPS) is 24.4. The summed E-state index contributed by atoms with van der Waals surface area (Å²) in [5.74, 6) is 0.942.